The molecular weight excluding hydrogens is 309 g/mol. The molecule has 2 aromatic carbocycles. The maximum Gasteiger partial charge on any atom is 0.387 e. The molecule has 0 aromatic heterocycles. The van der Waals surface area contributed by atoms with Gasteiger partial charge in [-0.15, -0.1) is 0 Å². The van der Waals surface area contributed by atoms with Gasteiger partial charge < -0.3 is 9.84 Å². The predicted octanol–water partition coefficient (Wildman–Crippen LogP) is 4.68. The molecule has 2 rings (SSSR count). The fraction of sp³-hybridized carbons (Fsp3) is 0.143. The van der Waals surface area contributed by atoms with Crippen molar-refractivity contribution in [1.29, 1.82) is 0 Å². The Balaban J connectivity index is 2.28. The fourth-order valence-corrected chi connectivity index (χ4v) is 2.04. The number of alkyl halides is 2. The zero-order valence-corrected chi connectivity index (χ0v) is 11.6. The summed E-state index contributed by atoms with van der Waals surface area (Å²) in [6.07, 6.45) is -1.01. The van der Waals surface area contributed by atoms with Gasteiger partial charge in [-0.1, -0.05) is 41.4 Å². The second-order valence-corrected chi connectivity index (χ2v) is 4.84. The molecule has 0 fully saturated rings. The second kappa shape index (κ2) is 6.39. The maximum atomic E-state index is 12.2. The van der Waals surface area contributed by atoms with E-state index in [4.69, 9.17) is 23.2 Å². The van der Waals surface area contributed by atoms with Gasteiger partial charge in [0.05, 0.1) is 10.0 Å². The molecule has 0 heterocycles. The van der Waals surface area contributed by atoms with Crippen molar-refractivity contribution < 1.29 is 18.6 Å². The van der Waals surface area contributed by atoms with Crippen LogP contribution in [0.3, 0.4) is 0 Å². The molecule has 0 aliphatic heterocycles. The lowest BCUT2D eigenvalue weighted by Gasteiger charge is -2.13. The first kappa shape index (κ1) is 15.0. The SMILES string of the molecule is OC(c1cccc(OC(F)F)c1)c1ccc(Cl)c(Cl)c1. The van der Waals surface area contributed by atoms with E-state index in [9.17, 15) is 13.9 Å². The van der Waals surface area contributed by atoms with E-state index in [2.05, 4.69) is 4.74 Å². The van der Waals surface area contributed by atoms with Gasteiger partial charge in [0.15, 0.2) is 0 Å². The van der Waals surface area contributed by atoms with Gasteiger partial charge in [0.2, 0.25) is 0 Å². The van der Waals surface area contributed by atoms with Crippen molar-refractivity contribution in [2.75, 3.05) is 0 Å². The van der Waals surface area contributed by atoms with Gasteiger partial charge in [0.25, 0.3) is 0 Å². The third kappa shape index (κ3) is 3.60. The Morgan fingerprint density at radius 2 is 1.65 bits per heavy atom. The van der Waals surface area contributed by atoms with E-state index in [0.717, 1.165) is 0 Å². The normalized spacial score (nSPS) is 12.5. The van der Waals surface area contributed by atoms with E-state index in [0.29, 0.717) is 21.2 Å². The second-order valence-electron chi connectivity index (χ2n) is 4.03. The van der Waals surface area contributed by atoms with Crippen LogP contribution in [0.15, 0.2) is 42.5 Å². The Hall–Kier alpha value is -1.36. The minimum atomic E-state index is -2.91. The highest BCUT2D eigenvalue weighted by Crippen LogP contribution is 2.30. The molecule has 0 saturated heterocycles. The van der Waals surface area contributed by atoms with Crippen molar-refractivity contribution in [2.24, 2.45) is 0 Å². The number of rotatable bonds is 4. The van der Waals surface area contributed by atoms with Crippen molar-refractivity contribution in [3.8, 4) is 5.75 Å². The van der Waals surface area contributed by atoms with E-state index in [1.165, 1.54) is 24.3 Å². The van der Waals surface area contributed by atoms with Gasteiger partial charge in [-0.05, 0) is 35.4 Å². The Labute approximate surface area is 124 Å². The van der Waals surface area contributed by atoms with Crippen LogP contribution < -0.4 is 4.74 Å². The summed E-state index contributed by atoms with van der Waals surface area (Å²) in [4.78, 5) is 0. The molecule has 0 saturated carbocycles. The average molecular weight is 319 g/mol. The monoisotopic (exact) mass is 318 g/mol. The van der Waals surface area contributed by atoms with Crippen LogP contribution >= 0.6 is 23.2 Å². The molecule has 1 atom stereocenters. The molecule has 2 aromatic rings. The van der Waals surface area contributed by atoms with Crippen LogP contribution in [0.1, 0.15) is 17.2 Å². The summed E-state index contributed by atoms with van der Waals surface area (Å²) in [5, 5.41) is 10.9. The number of aliphatic hydroxyl groups excluding tert-OH is 1. The van der Waals surface area contributed by atoms with Gasteiger partial charge in [-0.3, -0.25) is 0 Å². The number of ether oxygens (including phenoxy) is 1. The number of aliphatic hydroxyl groups is 1. The van der Waals surface area contributed by atoms with Crippen LogP contribution in [-0.4, -0.2) is 11.7 Å². The van der Waals surface area contributed by atoms with Crippen molar-refractivity contribution in [1.82, 2.24) is 0 Å². The largest absolute Gasteiger partial charge is 0.435 e. The molecule has 1 unspecified atom stereocenters. The molecule has 1 N–H and O–H groups in total. The molecule has 6 heteroatoms. The van der Waals surface area contributed by atoms with E-state index in [1.54, 1.807) is 18.2 Å². The summed E-state index contributed by atoms with van der Waals surface area (Å²) in [5.74, 6) is -0.0170. The highest BCUT2D eigenvalue weighted by atomic mass is 35.5. The van der Waals surface area contributed by atoms with Crippen LogP contribution in [0.4, 0.5) is 8.78 Å². The Morgan fingerprint density at radius 3 is 2.30 bits per heavy atom. The zero-order chi connectivity index (χ0) is 14.7. The predicted molar refractivity (Wildman–Crippen MR) is 73.6 cm³/mol. The van der Waals surface area contributed by atoms with Gasteiger partial charge in [0.1, 0.15) is 11.9 Å². The smallest absolute Gasteiger partial charge is 0.387 e. The van der Waals surface area contributed by atoms with E-state index < -0.39 is 12.7 Å². The number of halogens is 4. The third-order valence-electron chi connectivity index (χ3n) is 2.66. The van der Waals surface area contributed by atoms with E-state index >= 15 is 0 Å². The van der Waals surface area contributed by atoms with Crippen LogP contribution in [-0.2, 0) is 0 Å². The molecule has 0 radical (unpaired) electrons. The summed E-state index contributed by atoms with van der Waals surface area (Å²) in [5.41, 5.74) is 0.926. The highest BCUT2D eigenvalue weighted by molar-refractivity contribution is 6.42. The first-order valence-electron chi connectivity index (χ1n) is 5.65. The molecule has 0 bridgehead atoms. The third-order valence-corrected chi connectivity index (χ3v) is 3.40. The Kier molecular flexibility index (Phi) is 4.81. The van der Waals surface area contributed by atoms with Crippen molar-refractivity contribution in [2.45, 2.75) is 12.7 Å². The van der Waals surface area contributed by atoms with Gasteiger partial charge in [-0.2, -0.15) is 8.78 Å². The van der Waals surface area contributed by atoms with Crippen LogP contribution in [0.25, 0.3) is 0 Å². The van der Waals surface area contributed by atoms with Gasteiger partial charge in [0, 0.05) is 0 Å². The first-order chi connectivity index (χ1) is 9.47. The van der Waals surface area contributed by atoms with Crippen LogP contribution in [0, 0.1) is 0 Å². The van der Waals surface area contributed by atoms with Crippen molar-refractivity contribution in [3.05, 3.63) is 63.6 Å². The summed E-state index contributed by atoms with van der Waals surface area (Å²) in [6, 6.07) is 10.5. The summed E-state index contributed by atoms with van der Waals surface area (Å²) in [6.45, 7) is -2.91. The van der Waals surface area contributed by atoms with Crippen LogP contribution in [0.5, 0.6) is 5.75 Å². The topological polar surface area (TPSA) is 29.5 Å². The molecule has 106 valence electrons. The lowest BCUT2D eigenvalue weighted by atomic mass is 10.0. The van der Waals surface area contributed by atoms with Gasteiger partial charge in [-0.25, -0.2) is 0 Å². The summed E-state index contributed by atoms with van der Waals surface area (Å²) >= 11 is 11.7. The fourth-order valence-electron chi connectivity index (χ4n) is 1.74. The number of hydrogen-bond acceptors (Lipinski definition) is 2. The Bertz CT molecular complexity index is 605. The van der Waals surface area contributed by atoms with Crippen molar-refractivity contribution in [3.63, 3.8) is 0 Å². The highest BCUT2D eigenvalue weighted by Gasteiger charge is 2.13. The quantitative estimate of drug-likeness (QED) is 0.887. The minimum Gasteiger partial charge on any atom is -0.435 e. The maximum absolute atomic E-state index is 12.2. The zero-order valence-electron chi connectivity index (χ0n) is 10.1. The lowest BCUT2D eigenvalue weighted by molar-refractivity contribution is -0.0499. The molecule has 0 spiro atoms. The van der Waals surface area contributed by atoms with Crippen LogP contribution in [0.2, 0.25) is 10.0 Å². The van der Waals surface area contributed by atoms with E-state index in [1.807, 2.05) is 0 Å². The molecular formula is C14H10Cl2F2O2. The molecule has 0 amide bonds. The molecule has 0 aliphatic rings. The standard InChI is InChI=1S/C14H10Cl2F2O2/c15-11-5-4-9(7-12(11)16)13(19)8-2-1-3-10(6-8)20-14(17)18/h1-7,13-14,19H. The lowest BCUT2D eigenvalue weighted by Crippen LogP contribution is -2.04. The first-order valence-corrected chi connectivity index (χ1v) is 6.41. The molecule has 0 aliphatic carbocycles. The molecule has 20 heavy (non-hydrogen) atoms. The summed E-state index contributed by atoms with van der Waals surface area (Å²) in [7, 11) is 0. The van der Waals surface area contributed by atoms with Crippen molar-refractivity contribution >= 4 is 23.2 Å². The molecule has 2 nitrogen and oxygen atoms in total. The average Bonchev–Trinajstić information content (AvgIpc) is 2.40. The number of benzene rings is 2. The minimum absolute atomic E-state index is 0.0170. The number of hydrogen-bond donors (Lipinski definition) is 1. The Morgan fingerprint density at radius 1 is 0.950 bits per heavy atom. The van der Waals surface area contributed by atoms with E-state index in [-0.39, 0.29) is 5.75 Å². The summed E-state index contributed by atoms with van der Waals surface area (Å²) < 4.78 is 28.6. The van der Waals surface area contributed by atoms with Gasteiger partial charge >= 0.3 is 6.61 Å².